The highest BCUT2D eigenvalue weighted by Gasteiger charge is 2.26. The van der Waals surface area contributed by atoms with Gasteiger partial charge < -0.3 is 20.1 Å². The summed E-state index contributed by atoms with van der Waals surface area (Å²) in [7, 11) is 3.13. The van der Waals surface area contributed by atoms with Gasteiger partial charge in [0.1, 0.15) is 0 Å². The van der Waals surface area contributed by atoms with E-state index >= 15 is 0 Å². The van der Waals surface area contributed by atoms with Crippen LogP contribution in [0, 0.1) is 12.8 Å². The third-order valence-corrected chi connectivity index (χ3v) is 5.31. The van der Waals surface area contributed by atoms with Crippen LogP contribution in [0.5, 0.6) is 11.5 Å². The van der Waals surface area contributed by atoms with Crippen molar-refractivity contribution in [2.75, 3.05) is 44.5 Å². The number of ether oxygens (including phenoxy) is 2. The largest absolute Gasteiger partial charge is 0.493 e. The molecule has 0 spiro atoms. The average Bonchev–Trinajstić information content (AvgIpc) is 2.75. The van der Waals surface area contributed by atoms with Crippen molar-refractivity contribution in [3.63, 3.8) is 0 Å². The number of nitrogens with one attached hydrogen (secondary N) is 2. The summed E-state index contributed by atoms with van der Waals surface area (Å²) in [6.45, 7) is 3.74. The molecule has 0 saturated carbocycles. The van der Waals surface area contributed by atoms with Crippen LogP contribution in [-0.2, 0) is 9.59 Å². The molecule has 1 heterocycles. The van der Waals surface area contributed by atoms with Crippen molar-refractivity contribution in [3.8, 4) is 11.5 Å². The molecule has 7 nitrogen and oxygen atoms in total. The number of carbonyl (C=O) groups excluding carboxylic acids is 2. The number of methoxy groups -OCH3 is 2. The molecule has 1 saturated heterocycles. The predicted octanol–water partition coefficient (Wildman–Crippen LogP) is 3.30. The molecule has 0 atom stereocenters. The van der Waals surface area contributed by atoms with E-state index in [0.29, 0.717) is 36.8 Å². The van der Waals surface area contributed by atoms with Crippen molar-refractivity contribution in [1.82, 2.24) is 4.90 Å². The monoisotopic (exact) mass is 411 g/mol. The van der Waals surface area contributed by atoms with Crippen LogP contribution < -0.4 is 20.1 Å². The van der Waals surface area contributed by atoms with E-state index in [4.69, 9.17) is 9.47 Å². The number of likely N-dealkylation sites (tertiary alicyclic amines) is 1. The molecule has 0 aliphatic carbocycles. The van der Waals surface area contributed by atoms with Crippen LogP contribution in [0.4, 0.5) is 11.4 Å². The Morgan fingerprint density at radius 3 is 2.20 bits per heavy atom. The zero-order chi connectivity index (χ0) is 21.5. The standard InChI is InChI=1S/C23H29N3O4/c1-16-4-6-18(7-5-16)25-23(28)17-10-12-26(13-11-17)15-22(27)24-19-8-9-20(29-2)21(14-19)30-3/h4-9,14,17H,10-13,15H2,1-3H3,(H,24,27)(H,25,28). The van der Waals surface area contributed by atoms with E-state index in [1.54, 1.807) is 32.4 Å². The van der Waals surface area contributed by atoms with E-state index in [1.807, 2.05) is 31.2 Å². The molecule has 1 fully saturated rings. The second kappa shape index (κ2) is 10.1. The first kappa shape index (κ1) is 21.6. The maximum atomic E-state index is 12.5. The topological polar surface area (TPSA) is 79.9 Å². The average molecular weight is 412 g/mol. The number of benzene rings is 2. The van der Waals surface area contributed by atoms with Gasteiger partial charge in [-0.05, 0) is 57.1 Å². The lowest BCUT2D eigenvalue weighted by molar-refractivity contribution is -0.121. The van der Waals surface area contributed by atoms with Gasteiger partial charge in [0.25, 0.3) is 0 Å². The summed E-state index contributed by atoms with van der Waals surface area (Å²) in [5, 5.41) is 5.88. The fraction of sp³-hybridized carbons (Fsp3) is 0.391. The smallest absolute Gasteiger partial charge is 0.238 e. The summed E-state index contributed by atoms with van der Waals surface area (Å²) < 4.78 is 10.5. The maximum Gasteiger partial charge on any atom is 0.238 e. The van der Waals surface area contributed by atoms with Crippen molar-refractivity contribution >= 4 is 23.2 Å². The molecule has 2 N–H and O–H groups in total. The Morgan fingerprint density at radius 1 is 0.933 bits per heavy atom. The lowest BCUT2D eigenvalue weighted by Crippen LogP contribution is -2.41. The van der Waals surface area contributed by atoms with Gasteiger partial charge in [0.15, 0.2) is 11.5 Å². The van der Waals surface area contributed by atoms with Gasteiger partial charge in [0.2, 0.25) is 11.8 Å². The molecule has 2 amide bonds. The zero-order valence-corrected chi connectivity index (χ0v) is 17.7. The van der Waals surface area contributed by atoms with Crippen LogP contribution in [-0.4, -0.2) is 50.6 Å². The Bertz CT molecular complexity index is 875. The third kappa shape index (κ3) is 5.73. The first-order valence-corrected chi connectivity index (χ1v) is 10.1. The SMILES string of the molecule is COc1ccc(NC(=O)CN2CCC(C(=O)Nc3ccc(C)cc3)CC2)cc1OC. The van der Waals surface area contributed by atoms with Crippen LogP contribution in [0.3, 0.4) is 0 Å². The molecule has 1 aliphatic rings. The van der Waals surface area contributed by atoms with E-state index in [0.717, 1.165) is 24.1 Å². The van der Waals surface area contributed by atoms with Crippen LogP contribution in [0.2, 0.25) is 0 Å². The Labute approximate surface area is 177 Å². The van der Waals surface area contributed by atoms with E-state index in [1.165, 1.54) is 0 Å². The van der Waals surface area contributed by atoms with Gasteiger partial charge >= 0.3 is 0 Å². The molecule has 3 rings (SSSR count). The Hall–Kier alpha value is -3.06. The second-order valence-electron chi connectivity index (χ2n) is 7.52. The molecule has 160 valence electrons. The summed E-state index contributed by atoms with van der Waals surface area (Å²) >= 11 is 0. The number of amides is 2. The summed E-state index contributed by atoms with van der Waals surface area (Å²) in [4.78, 5) is 27.0. The van der Waals surface area contributed by atoms with E-state index in [-0.39, 0.29) is 17.7 Å². The van der Waals surface area contributed by atoms with Gasteiger partial charge in [-0.1, -0.05) is 17.7 Å². The number of nitrogens with zero attached hydrogens (tertiary/aromatic N) is 1. The lowest BCUT2D eigenvalue weighted by atomic mass is 9.95. The Balaban J connectivity index is 1.45. The minimum absolute atomic E-state index is 0.0311. The molecule has 1 aliphatic heterocycles. The molecule has 0 radical (unpaired) electrons. The van der Waals surface area contributed by atoms with Crippen LogP contribution >= 0.6 is 0 Å². The van der Waals surface area contributed by atoms with Crippen LogP contribution in [0.15, 0.2) is 42.5 Å². The highest BCUT2D eigenvalue weighted by Crippen LogP contribution is 2.29. The zero-order valence-electron chi connectivity index (χ0n) is 17.7. The molecule has 7 heteroatoms. The van der Waals surface area contributed by atoms with E-state index < -0.39 is 0 Å². The van der Waals surface area contributed by atoms with Gasteiger partial charge in [-0.25, -0.2) is 0 Å². The maximum absolute atomic E-state index is 12.5. The summed E-state index contributed by atoms with van der Waals surface area (Å²) in [6, 6.07) is 13.1. The van der Waals surface area contributed by atoms with Gasteiger partial charge in [-0.2, -0.15) is 0 Å². The Kier molecular flexibility index (Phi) is 7.30. The third-order valence-electron chi connectivity index (χ3n) is 5.31. The molecular weight excluding hydrogens is 382 g/mol. The fourth-order valence-electron chi connectivity index (χ4n) is 3.55. The molecule has 2 aromatic carbocycles. The van der Waals surface area contributed by atoms with E-state index in [2.05, 4.69) is 15.5 Å². The normalized spacial score (nSPS) is 14.8. The first-order chi connectivity index (χ1) is 14.5. The summed E-state index contributed by atoms with van der Waals surface area (Å²) in [6.07, 6.45) is 1.47. The predicted molar refractivity (Wildman–Crippen MR) is 117 cm³/mol. The number of rotatable bonds is 7. The lowest BCUT2D eigenvalue weighted by Gasteiger charge is -2.30. The number of anilines is 2. The van der Waals surface area contributed by atoms with Crippen molar-refractivity contribution in [2.45, 2.75) is 19.8 Å². The van der Waals surface area contributed by atoms with Crippen LogP contribution in [0.25, 0.3) is 0 Å². The van der Waals surface area contributed by atoms with Crippen molar-refractivity contribution in [1.29, 1.82) is 0 Å². The minimum Gasteiger partial charge on any atom is -0.493 e. The van der Waals surface area contributed by atoms with E-state index in [9.17, 15) is 9.59 Å². The Morgan fingerprint density at radius 2 is 1.57 bits per heavy atom. The van der Waals surface area contributed by atoms with Gasteiger partial charge in [0.05, 0.1) is 20.8 Å². The van der Waals surface area contributed by atoms with Crippen molar-refractivity contribution in [2.24, 2.45) is 5.92 Å². The highest BCUT2D eigenvalue weighted by molar-refractivity contribution is 5.93. The van der Waals surface area contributed by atoms with Crippen LogP contribution in [0.1, 0.15) is 18.4 Å². The molecule has 2 aromatic rings. The molecule has 30 heavy (non-hydrogen) atoms. The fourth-order valence-corrected chi connectivity index (χ4v) is 3.55. The number of aryl methyl sites for hydroxylation is 1. The van der Waals surface area contributed by atoms with Crippen molar-refractivity contribution < 1.29 is 19.1 Å². The highest BCUT2D eigenvalue weighted by atomic mass is 16.5. The summed E-state index contributed by atoms with van der Waals surface area (Å²) in [5.74, 6) is 1.10. The minimum atomic E-state index is -0.0928. The number of hydrogen-bond acceptors (Lipinski definition) is 5. The first-order valence-electron chi connectivity index (χ1n) is 10.1. The molecule has 0 bridgehead atoms. The molecular formula is C23H29N3O4. The van der Waals surface area contributed by atoms with Gasteiger partial charge in [-0.15, -0.1) is 0 Å². The number of hydrogen-bond donors (Lipinski definition) is 2. The quantitative estimate of drug-likeness (QED) is 0.731. The second-order valence-corrected chi connectivity index (χ2v) is 7.52. The van der Waals surface area contributed by atoms with Gasteiger partial charge in [-0.3, -0.25) is 14.5 Å². The van der Waals surface area contributed by atoms with Crippen molar-refractivity contribution in [3.05, 3.63) is 48.0 Å². The molecule has 0 aromatic heterocycles. The van der Waals surface area contributed by atoms with Gasteiger partial charge in [0, 0.05) is 23.4 Å². The molecule has 0 unspecified atom stereocenters. The number of carbonyl (C=O) groups is 2. The number of piperidine rings is 1. The summed E-state index contributed by atoms with van der Waals surface area (Å²) in [5.41, 5.74) is 2.64.